The number of benzene rings is 2. The summed E-state index contributed by atoms with van der Waals surface area (Å²) in [4.78, 5) is 29.0. The summed E-state index contributed by atoms with van der Waals surface area (Å²) in [5.74, 6) is -0.668. The number of amides is 2. The molecule has 0 radical (unpaired) electrons. The van der Waals surface area contributed by atoms with E-state index in [2.05, 4.69) is 15.6 Å². The molecule has 2 aromatic carbocycles. The van der Waals surface area contributed by atoms with Crippen molar-refractivity contribution in [3.63, 3.8) is 0 Å². The summed E-state index contributed by atoms with van der Waals surface area (Å²) in [6, 6.07) is 20.3. The Morgan fingerprint density at radius 2 is 1.48 bits per heavy atom. The van der Waals surface area contributed by atoms with E-state index in [4.69, 9.17) is 0 Å². The van der Waals surface area contributed by atoms with Gasteiger partial charge in [-0.3, -0.25) is 9.59 Å². The molecule has 0 fully saturated rings. The van der Waals surface area contributed by atoms with E-state index in [1.54, 1.807) is 18.2 Å². The Hall–Kier alpha value is -3.47. The number of nitrogens with zero attached hydrogens (tertiary/aromatic N) is 1. The van der Waals surface area contributed by atoms with Gasteiger partial charge in [-0.1, -0.05) is 54.1 Å². The molecule has 27 heavy (non-hydrogen) atoms. The maximum absolute atomic E-state index is 12.4. The van der Waals surface area contributed by atoms with Gasteiger partial charge in [0.1, 0.15) is 11.4 Å². The topological polar surface area (TPSA) is 71.1 Å². The molecule has 5 heteroatoms. The molecular weight excluding hydrogens is 338 g/mol. The largest absolute Gasteiger partial charge is 0.347 e. The summed E-state index contributed by atoms with van der Waals surface area (Å²) in [7, 11) is 0. The number of aromatic nitrogens is 1. The highest BCUT2D eigenvalue weighted by Gasteiger charge is 2.13. The predicted molar refractivity (Wildman–Crippen MR) is 106 cm³/mol. The third kappa shape index (κ3) is 4.79. The lowest BCUT2D eigenvalue weighted by atomic mass is 10.1. The van der Waals surface area contributed by atoms with Crippen molar-refractivity contribution < 1.29 is 9.59 Å². The van der Waals surface area contributed by atoms with E-state index in [1.807, 2.05) is 62.4 Å². The van der Waals surface area contributed by atoms with Crippen molar-refractivity contribution in [2.75, 3.05) is 5.32 Å². The summed E-state index contributed by atoms with van der Waals surface area (Å²) in [5, 5.41) is 5.65. The van der Waals surface area contributed by atoms with Crippen molar-refractivity contribution >= 4 is 17.5 Å². The van der Waals surface area contributed by atoms with Crippen molar-refractivity contribution in [2.24, 2.45) is 0 Å². The zero-order chi connectivity index (χ0) is 19.2. The van der Waals surface area contributed by atoms with Gasteiger partial charge in [-0.05, 0) is 43.2 Å². The molecule has 0 aliphatic carbocycles. The van der Waals surface area contributed by atoms with Crippen molar-refractivity contribution in [1.82, 2.24) is 10.3 Å². The summed E-state index contributed by atoms with van der Waals surface area (Å²) < 4.78 is 0. The number of carbonyl (C=O) groups is 2. The number of rotatable bonds is 5. The average Bonchev–Trinajstić information content (AvgIpc) is 2.69. The van der Waals surface area contributed by atoms with E-state index < -0.39 is 0 Å². The normalized spacial score (nSPS) is 10.3. The van der Waals surface area contributed by atoms with Crippen LogP contribution >= 0.6 is 0 Å². The second-order valence-electron chi connectivity index (χ2n) is 6.35. The van der Waals surface area contributed by atoms with Crippen LogP contribution in [0, 0.1) is 13.8 Å². The van der Waals surface area contributed by atoms with Gasteiger partial charge in [0.15, 0.2) is 0 Å². The van der Waals surface area contributed by atoms with Gasteiger partial charge in [-0.2, -0.15) is 0 Å². The molecule has 136 valence electrons. The first kappa shape index (κ1) is 18.3. The summed E-state index contributed by atoms with van der Waals surface area (Å²) in [5.41, 5.74) is 4.25. The van der Waals surface area contributed by atoms with Crippen LogP contribution in [0.2, 0.25) is 0 Å². The number of hydrogen-bond acceptors (Lipinski definition) is 3. The molecule has 0 saturated heterocycles. The van der Waals surface area contributed by atoms with Crippen LogP contribution in [0.25, 0.3) is 0 Å². The third-order valence-corrected chi connectivity index (χ3v) is 4.18. The van der Waals surface area contributed by atoms with E-state index in [1.165, 1.54) is 5.56 Å². The first-order valence-corrected chi connectivity index (χ1v) is 8.71. The van der Waals surface area contributed by atoms with E-state index in [0.29, 0.717) is 6.54 Å². The molecule has 0 saturated carbocycles. The smallest absolute Gasteiger partial charge is 0.274 e. The number of anilines is 1. The quantitative estimate of drug-likeness (QED) is 0.726. The zero-order valence-corrected chi connectivity index (χ0v) is 15.3. The Balaban J connectivity index is 1.67. The lowest BCUT2D eigenvalue weighted by Crippen LogP contribution is -2.25. The van der Waals surface area contributed by atoms with Crippen LogP contribution in [0.4, 0.5) is 5.69 Å². The fourth-order valence-electron chi connectivity index (χ4n) is 2.57. The van der Waals surface area contributed by atoms with Crippen LogP contribution in [0.3, 0.4) is 0 Å². The lowest BCUT2D eigenvalue weighted by molar-refractivity contribution is 0.0945. The first-order chi connectivity index (χ1) is 13.0. The zero-order valence-electron chi connectivity index (χ0n) is 15.3. The molecule has 0 spiro atoms. The molecule has 0 atom stereocenters. The van der Waals surface area contributed by atoms with E-state index in [0.717, 1.165) is 16.8 Å². The van der Waals surface area contributed by atoms with Gasteiger partial charge in [0.2, 0.25) is 0 Å². The Bertz CT molecular complexity index is 965. The summed E-state index contributed by atoms with van der Waals surface area (Å²) >= 11 is 0. The number of pyridine rings is 1. The molecule has 1 aromatic heterocycles. The SMILES string of the molecule is Cc1ccc(CNC(=O)c2cccc(C(=O)Nc3ccccc3C)n2)cc1. The molecule has 5 nitrogen and oxygen atoms in total. The highest BCUT2D eigenvalue weighted by Crippen LogP contribution is 2.14. The van der Waals surface area contributed by atoms with Gasteiger partial charge >= 0.3 is 0 Å². The molecular formula is C22H21N3O2. The van der Waals surface area contributed by atoms with E-state index in [9.17, 15) is 9.59 Å². The monoisotopic (exact) mass is 359 g/mol. The standard InChI is InChI=1S/C22H21N3O2/c1-15-10-12-17(13-11-15)14-23-21(26)19-8-5-9-20(24-19)22(27)25-18-7-4-3-6-16(18)2/h3-13H,14H2,1-2H3,(H,23,26)(H,25,27). The number of aryl methyl sites for hydroxylation is 2. The highest BCUT2D eigenvalue weighted by molar-refractivity contribution is 6.04. The number of carbonyl (C=O) groups excluding carboxylic acids is 2. The fourth-order valence-corrected chi connectivity index (χ4v) is 2.57. The van der Waals surface area contributed by atoms with Crippen LogP contribution < -0.4 is 10.6 Å². The van der Waals surface area contributed by atoms with Crippen LogP contribution in [0.15, 0.2) is 66.7 Å². The van der Waals surface area contributed by atoms with Crippen LogP contribution in [0.5, 0.6) is 0 Å². The second kappa shape index (κ2) is 8.27. The fraction of sp³-hybridized carbons (Fsp3) is 0.136. The van der Waals surface area contributed by atoms with Gasteiger partial charge < -0.3 is 10.6 Å². The summed E-state index contributed by atoms with van der Waals surface area (Å²) in [6.07, 6.45) is 0. The Morgan fingerprint density at radius 3 is 2.19 bits per heavy atom. The molecule has 3 aromatic rings. The van der Waals surface area contributed by atoms with Gasteiger partial charge in [0.25, 0.3) is 11.8 Å². The molecule has 0 unspecified atom stereocenters. The summed E-state index contributed by atoms with van der Waals surface area (Å²) in [6.45, 7) is 4.33. The van der Waals surface area contributed by atoms with Crippen molar-refractivity contribution in [3.8, 4) is 0 Å². The van der Waals surface area contributed by atoms with Crippen molar-refractivity contribution in [2.45, 2.75) is 20.4 Å². The minimum Gasteiger partial charge on any atom is -0.347 e. The average molecular weight is 359 g/mol. The molecule has 1 heterocycles. The lowest BCUT2D eigenvalue weighted by Gasteiger charge is -2.09. The van der Waals surface area contributed by atoms with Crippen molar-refractivity contribution in [3.05, 3.63) is 94.8 Å². The molecule has 0 aliphatic rings. The molecule has 0 aliphatic heterocycles. The maximum Gasteiger partial charge on any atom is 0.274 e. The van der Waals surface area contributed by atoms with E-state index >= 15 is 0 Å². The molecule has 3 rings (SSSR count). The van der Waals surface area contributed by atoms with E-state index in [-0.39, 0.29) is 23.2 Å². The van der Waals surface area contributed by atoms with Crippen LogP contribution in [-0.4, -0.2) is 16.8 Å². The Kier molecular flexibility index (Phi) is 5.61. The molecule has 2 N–H and O–H groups in total. The minimum atomic E-state index is -0.350. The minimum absolute atomic E-state index is 0.196. The third-order valence-electron chi connectivity index (χ3n) is 4.18. The molecule has 2 amide bonds. The van der Waals surface area contributed by atoms with Crippen LogP contribution in [-0.2, 0) is 6.54 Å². The Morgan fingerprint density at radius 1 is 0.815 bits per heavy atom. The second-order valence-corrected chi connectivity index (χ2v) is 6.35. The first-order valence-electron chi connectivity index (χ1n) is 8.71. The van der Waals surface area contributed by atoms with Gasteiger partial charge in [-0.25, -0.2) is 4.98 Å². The highest BCUT2D eigenvalue weighted by atomic mass is 16.2. The predicted octanol–water partition coefficient (Wildman–Crippen LogP) is 3.88. The number of nitrogens with one attached hydrogen (secondary N) is 2. The van der Waals surface area contributed by atoms with Crippen LogP contribution in [0.1, 0.15) is 37.7 Å². The molecule has 0 bridgehead atoms. The van der Waals surface area contributed by atoms with Crippen molar-refractivity contribution in [1.29, 1.82) is 0 Å². The Labute approximate surface area is 158 Å². The maximum atomic E-state index is 12.4. The van der Waals surface area contributed by atoms with Gasteiger partial charge in [-0.15, -0.1) is 0 Å². The van der Waals surface area contributed by atoms with Gasteiger partial charge in [0, 0.05) is 12.2 Å². The van der Waals surface area contributed by atoms with Gasteiger partial charge in [0.05, 0.1) is 0 Å². The number of para-hydroxylation sites is 1. The number of hydrogen-bond donors (Lipinski definition) is 2.